The summed E-state index contributed by atoms with van der Waals surface area (Å²) >= 11 is 0. The van der Waals surface area contributed by atoms with Crippen molar-refractivity contribution in [2.24, 2.45) is 0 Å². The summed E-state index contributed by atoms with van der Waals surface area (Å²) in [5.74, 6) is 1.12. The van der Waals surface area contributed by atoms with Crippen molar-refractivity contribution in [2.75, 3.05) is 0 Å². The van der Waals surface area contributed by atoms with Gasteiger partial charge in [0, 0.05) is 23.2 Å². The maximum atomic E-state index is 6.14. The van der Waals surface area contributed by atoms with E-state index in [2.05, 4.69) is 34.6 Å². The molecule has 0 unspecified atom stereocenters. The van der Waals surface area contributed by atoms with Gasteiger partial charge in [-0.2, -0.15) is 0 Å². The lowest BCUT2D eigenvalue weighted by atomic mass is 9.98. The maximum Gasteiger partial charge on any atom is 0.156 e. The summed E-state index contributed by atoms with van der Waals surface area (Å²) in [6.45, 7) is 11.0. The van der Waals surface area contributed by atoms with Crippen LogP contribution in [0.4, 0.5) is 0 Å². The lowest BCUT2D eigenvalue weighted by Gasteiger charge is -2.11. The molecule has 0 saturated heterocycles. The topological polar surface area (TPSA) is 26.0 Å². The molecule has 0 bridgehead atoms. The molecule has 19 heavy (non-hydrogen) atoms. The number of rotatable bonds is 5. The van der Waals surface area contributed by atoms with Crippen LogP contribution in [0, 0.1) is 0 Å². The molecular weight excluding hydrogens is 234 g/mol. The van der Waals surface area contributed by atoms with E-state index in [1.807, 2.05) is 0 Å². The number of aromatic nitrogens is 1. The van der Waals surface area contributed by atoms with Crippen molar-refractivity contribution in [3.8, 4) is 0 Å². The Kier molecular flexibility index (Phi) is 4.28. The fraction of sp³-hybridized carbons (Fsp3) is 0.588. The normalized spacial score (nSPS) is 11.4. The first-order valence-corrected chi connectivity index (χ1v) is 7.66. The average molecular weight is 259 g/mol. The number of hydrogen-bond acceptors (Lipinski definition) is 2. The average Bonchev–Trinajstić information content (AvgIpc) is 2.81. The van der Waals surface area contributed by atoms with E-state index in [0.29, 0.717) is 0 Å². The maximum absolute atomic E-state index is 6.14. The van der Waals surface area contributed by atoms with Gasteiger partial charge in [-0.1, -0.05) is 34.6 Å². The molecule has 2 heterocycles. The second-order valence-electron chi connectivity index (χ2n) is 4.96. The second kappa shape index (κ2) is 5.77. The van der Waals surface area contributed by atoms with Gasteiger partial charge >= 0.3 is 0 Å². The van der Waals surface area contributed by atoms with Crippen molar-refractivity contribution in [2.45, 2.75) is 66.7 Å². The van der Waals surface area contributed by atoms with Crippen LogP contribution in [0.5, 0.6) is 0 Å². The Balaban J connectivity index is 2.86. The van der Waals surface area contributed by atoms with Gasteiger partial charge < -0.3 is 4.42 Å². The van der Waals surface area contributed by atoms with E-state index >= 15 is 0 Å². The van der Waals surface area contributed by atoms with Gasteiger partial charge in [0.25, 0.3) is 0 Å². The van der Waals surface area contributed by atoms with E-state index in [-0.39, 0.29) is 0 Å². The van der Waals surface area contributed by atoms with Crippen molar-refractivity contribution >= 4 is 11.1 Å². The molecule has 0 aliphatic heterocycles. The zero-order valence-electron chi connectivity index (χ0n) is 12.9. The molecule has 2 rings (SSSR count). The Labute approximate surface area is 116 Å². The Hall–Kier alpha value is -1.31. The van der Waals surface area contributed by atoms with Gasteiger partial charge in [0.15, 0.2) is 5.58 Å². The van der Waals surface area contributed by atoms with Crippen molar-refractivity contribution in [3.05, 3.63) is 28.1 Å². The highest BCUT2D eigenvalue weighted by atomic mass is 16.3. The molecule has 0 aromatic carbocycles. The van der Waals surface area contributed by atoms with Crippen LogP contribution in [0.2, 0.25) is 0 Å². The SMILES string of the molecule is CCc1nc2c(CC)c(CC)oc2c(CC)c1CC. The van der Waals surface area contributed by atoms with E-state index in [9.17, 15) is 0 Å². The smallest absolute Gasteiger partial charge is 0.156 e. The molecule has 2 heteroatoms. The van der Waals surface area contributed by atoms with Crippen molar-refractivity contribution < 1.29 is 4.42 Å². The molecule has 0 radical (unpaired) electrons. The van der Waals surface area contributed by atoms with Gasteiger partial charge in [-0.25, -0.2) is 4.98 Å². The molecule has 2 nitrogen and oxygen atoms in total. The number of aryl methyl sites for hydroxylation is 4. The van der Waals surface area contributed by atoms with E-state index in [4.69, 9.17) is 9.40 Å². The molecule has 0 saturated carbocycles. The van der Waals surface area contributed by atoms with Crippen LogP contribution in [-0.2, 0) is 32.1 Å². The zero-order valence-corrected chi connectivity index (χ0v) is 12.9. The number of nitrogens with zero attached hydrogens (tertiary/aromatic N) is 1. The van der Waals surface area contributed by atoms with Crippen LogP contribution in [-0.4, -0.2) is 4.98 Å². The first-order chi connectivity index (χ1) is 9.21. The minimum absolute atomic E-state index is 0.950. The first-order valence-electron chi connectivity index (χ1n) is 7.66. The van der Waals surface area contributed by atoms with E-state index < -0.39 is 0 Å². The van der Waals surface area contributed by atoms with Gasteiger partial charge in [0.05, 0.1) is 0 Å². The molecule has 0 fully saturated rings. The van der Waals surface area contributed by atoms with Crippen LogP contribution in [0.3, 0.4) is 0 Å². The number of fused-ring (bicyclic) bond motifs is 1. The highest BCUT2D eigenvalue weighted by Gasteiger charge is 2.19. The van der Waals surface area contributed by atoms with Gasteiger partial charge in [-0.05, 0) is 31.2 Å². The van der Waals surface area contributed by atoms with Crippen molar-refractivity contribution in [1.29, 1.82) is 0 Å². The summed E-state index contributed by atoms with van der Waals surface area (Å²) < 4.78 is 6.14. The molecule has 0 atom stereocenters. The molecule has 0 aliphatic rings. The zero-order chi connectivity index (χ0) is 14.0. The van der Waals surface area contributed by atoms with Crippen molar-refractivity contribution in [1.82, 2.24) is 4.98 Å². The highest BCUT2D eigenvalue weighted by Crippen LogP contribution is 2.32. The minimum atomic E-state index is 0.950. The number of hydrogen-bond donors (Lipinski definition) is 0. The van der Waals surface area contributed by atoms with Gasteiger partial charge in [0.2, 0.25) is 0 Å². The fourth-order valence-corrected chi connectivity index (χ4v) is 3.07. The Morgan fingerprint density at radius 1 is 0.737 bits per heavy atom. The molecule has 104 valence electrons. The summed E-state index contributed by atoms with van der Waals surface area (Å²) in [6, 6.07) is 0. The van der Waals surface area contributed by atoms with Gasteiger partial charge in [-0.15, -0.1) is 0 Å². The third-order valence-electron chi connectivity index (χ3n) is 4.01. The monoisotopic (exact) mass is 259 g/mol. The summed E-state index contributed by atoms with van der Waals surface area (Å²) in [5, 5.41) is 0. The molecular formula is C17H25NO. The standard InChI is InChI=1S/C17H25NO/c1-6-11-12(7-2)17-16(18-14(11)9-4)13(8-3)15(10-5)19-17/h6-10H2,1-5H3. The summed E-state index contributed by atoms with van der Waals surface area (Å²) in [6.07, 6.45) is 5.02. The number of furan rings is 1. The summed E-state index contributed by atoms with van der Waals surface area (Å²) in [5.41, 5.74) is 7.50. The lowest BCUT2D eigenvalue weighted by Crippen LogP contribution is -2.02. The Bertz CT molecular complexity index is 581. The quantitative estimate of drug-likeness (QED) is 0.781. The van der Waals surface area contributed by atoms with Crippen LogP contribution >= 0.6 is 0 Å². The lowest BCUT2D eigenvalue weighted by molar-refractivity contribution is 0.547. The molecule has 0 spiro atoms. The van der Waals surface area contributed by atoms with Crippen LogP contribution in [0.15, 0.2) is 4.42 Å². The minimum Gasteiger partial charge on any atom is -0.459 e. The van der Waals surface area contributed by atoms with E-state index in [1.165, 1.54) is 22.4 Å². The summed E-state index contributed by atoms with van der Waals surface area (Å²) in [7, 11) is 0. The highest BCUT2D eigenvalue weighted by molar-refractivity contribution is 5.82. The predicted octanol–water partition coefficient (Wildman–Crippen LogP) is 4.64. The van der Waals surface area contributed by atoms with Crippen LogP contribution in [0.1, 0.15) is 62.8 Å². The third kappa shape index (κ3) is 2.18. The van der Waals surface area contributed by atoms with Crippen LogP contribution < -0.4 is 0 Å². The summed E-state index contributed by atoms with van der Waals surface area (Å²) in [4.78, 5) is 4.92. The van der Waals surface area contributed by atoms with Gasteiger partial charge in [-0.3, -0.25) is 0 Å². The Morgan fingerprint density at radius 2 is 1.37 bits per heavy atom. The molecule has 0 amide bonds. The van der Waals surface area contributed by atoms with Gasteiger partial charge in [0.1, 0.15) is 11.3 Å². The first kappa shape index (κ1) is 14.1. The predicted molar refractivity (Wildman–Crippen MR) is 80.9 cm³/mol. The molecule has 2 aromatic heterocycles. The molecule has 0 aliphatic carbocycles. The third-order valence-corrected chi connectivity index (χ3v) is 4.01. The second-order valence-corrected chi connectivity index (χ2v) is 4.96. The Morgan fingerprint density at radius 3 is 1.84 bits per heavy atom. The molecule has 0 N–H and O–H groups in total. The van der Waals surface area contributed by atoms with Crippen LogP contribution in [0.25, 0.3) is 11.1 Å². The number of pyridine rings is 1. The largest absolute Gasteiger partial charge is 0.459 e. The van der Waals surface area contributed by atoms with Crippen molar-refractivity contribution in [3.63, 3.8) is 0 Å². The van der Waals surface area contributed by atoms with E-state index in [1.54, 1.807) is 0 Å². The fourth-order valence-electron chi connectivity index (χ4n) is 3.07. The molecule has 2 aromatic rings. The van der Waals surface area contributed by atoms with E-state index in [0.717, 1.165) is 49.0 Å².